The molecule has 2 rings (SSSR count). The van der Waals surface area contributed by atoms with Gasteiger partial charge in [-0.25, -0.2) is 9.78 Å². The lowest BCUT2D eigenvalue weighted by molar-refractivity contribution is 0.0698. The molecule has 19 heavy (non-hydrogen) atoms. The van der Waals surface area contributed by atoms with Crippen molar-refractivity contribution in [3.8, 4) is 0 Å². The maximum absolute atomic E-state index is 11.0. The Hall–Kier alpha value is -1.82. The van der Waals surface area contributed by atoms with Crippen LogP contribution in [-0.4, -0.2) is 46.6 Å². The number of nitrogen functional groups attached to an aromatic ring is 1. The van der Waals surface area contributed by atoms with Crippen molar-refractivity contribution < 1.29 is 9.90 Å². The smallest absolute Gasteiger partial charge is 0.337 e. The number of pyridine rings is 1. The minimum absolute atomic E-state index is 0.0978. The van der Waals surface area contributed by atoms with Gasteiger partial charge in [0, 0.05) is 18.8 Å². The highest BCUT2D eigenvalue weighted by molar-refractivity contribution is 5.96. The molecule has 0 bridgehead atoms. The number of aromatic carboxylic acids is 1. The summed E-state index contributed by atoms with van der Waals surface area (Å²) in [6.07, 6.45) is 3.65. The van der Waals surface area contributed by atoms with Crippen molar-refractivity contribution in [1.29, 1.82) is 0 Å². The molecule has 1 unspecified atom stereocenters. The van der Waals surface area contributed by atoms with Gasteiger partial charge in [-0.3, -0.25) is 0 Å². The fourth-order valence-corrected chi connectivity index (χ4v) is 2.43. The van der Waals surface area contributed by atoms with Gasteiger partial charge in [0.15, 0.2) is 0 Å². The van der Waals surface area contributed by atoms with E-state index in [0.717, 1.165) is 32.5 Å². The Balaban J connectivity index is 2.10. The molecule has 0 spiro atoms. The first kappa shape index (κ1) is 13.6. The number of anilines is 2. The van der Waals surface area contributed by atoms with E-state index < -0.39 is 5.97 Å². The van der Waals surface area contributed by atoms with E-state index in [1.807, 2.05) is 0 Å². The van der Waals surface area contributed by atoms with Crippen LogP contribution in [0.2, 0.25) is 0 Å². The summed E-state index contributed by atoms with van der Waals surface area (Å²) < 4.78 is 0. The van der Waals surface area contributed by atoms with Crippen molar-refractivity contribution in [2.24, 2.45) is 0 Å². The minimum Gasteiger partial charge on any atom is -0.478 e. The van der Waals surface area contributed by atoms with Gasteiger partial charge >= 0.3 is 5.97 Å². The molecule has 0 radical (unpaired) electrons. The van der Waals surface area contributed by atoms with Crippen molar-refractivity contribution in [3.63, 3.8) is 0 Å². The number of carbonyl (C=O) groups is 1. The highest BCUT2D eigenvalue weighted by atomic mass is 16.4. The van der Waals surface area contributed by atoms with E-state index in [1.165, 1.54) is 12.3 Å². The maximum Gasteiger partial charge on any atom is 0.337 e. The summed E-state index contributed by atoms with van der Waals surface area (Å²) in [5.41, 5.74) is 6.16. The predicted molar refractivity (Wildman–Crippen MR) is 74.4 cm³/mol. The molecule has 0 aliphatic carbocycles. The zero-order valence-electron chi connectivity index (χ0n) is 11.1. The SMILES string of the molecule is CCN1CCCC(Nc2nccc(C(=O)O)c2N)C1. The van der Waals surface area contributed by atoms with Crippen molar-refractivity contribution >= 4 is 17.5 Å². The van der Waals surface area contributed by atoms with E-state index in [2.05, 4.69) is 22.1 Å². The average Bonchev–Trinajstić information content (AvgIpc) is 2.41. The molecule has 0 saturated carbocycles. The molecule has 4 N–H and O–H groups in total. The Morgan fingerprint density at radius 2 is 2.47 bits per heavy atom. The normalized spacial score (nSPS) is 20.2. The molecule has 6 heteroatoms. The Labute approximate surface area is 112 Å². The maximum atomic E-state index is 11.0. The molecule has 104 valence electrons. The van der Waals surface area contributed by atoms with Gasteiger partial charge in [0.1, 0.15) is 5.82 Å². The highest BCUT2D eigenvalue weighted by Gasteiger charge is 2.20. The van der Waals surface area contributed by atoms with Crippen LogP contribution < -0.4 is 11.1 Å². The van der Waals surface area contributed by atoms with Gasteiger partial charge in [0.05, 0.1) is 11.3 Å². The van der Waals surface area contributed by atoms with Gasteiger partial charge in [0.2, 0.25) is 0 Å². The number of piperidine rings is 1. The van der Waals surface area contributed by atoms with Crippen LogP contribution in [0, 0.1) is 0 Å². The molecule has 6 nitrogen and oxygen atoms in total. The number of carboxylic acids is 1. The second-order valence-corrected chi connectivity index (χ2v) is 4.80. The number of aromatic nitrogens is 1. The summed E-state index contributed by atoms with van der Waals surface area (Å²) in [5, 5.41) is 12.3. The summed E-state index contributed by atoms with van der Waals surface area (Å²) in [5.74, 6) is -0.551. The van der Waals surface area contributed by atoms with Crippen molar-refractivity contribution in [2.45, 2.75) is 25.8 Å². The van der Waals surface area contributed by atoms with Crippen LogP contribution in [-0.2, 0) is 0 Å². The molecular formula is C13H20N4O2. The van der Waals surface area contributed by atoms with Crippen molar-refractivity contribution in [3.05, 3.63) is 17.8 Å². The third-order valence-electron chi connectivity index (χ3n) is 3.51. The van der Waals surface area contributed by atoms with Gasteiger partial charge < -0.3 is 21.1 Å². The number of nitrogens with one attached hydrogen (secondary N) is 1. The van der Waals surface area contributed by atoms with Crippen LogP contribution in [0.5, 0.6) is 0 Å². The zero-order valence-corrected chi connectivity index (χ0v) is 11.1. The molecule has 2 heterocycles. The van der Waals surface area contributed by atoms with Crippen LogP contribution in [0.3, 0.4) is 0 Å². The number of nitrogens with zero attached hydrogens (tertiary/aromatic N) is 2. The topological polar surface area (TPSA) is 91.5 Å². The summed E-state index contributed by atoms with van der Waals surface area (Å²) >= 11 is 0. The second-order valence-electron chi connectivity index (χ2n) is 4.80. The first-order chi connectivity index (χ1) is 9.11. The number of hydrogen-bond acceptors (Lipinski definition) is 5. The molecule has 1 saturated heterocycles. The fraction of sp³-hybridized carbons (Fsp3) is 0.538. The average molecular weight is 264 g/mol. The minimum atomic E-state index is -1.03. The van der Waals surface area contributed by atoms with Gasteiger partial charge in [-0.2, -0.15) is 0 Å². The number of likely N-dealkylation sites (tertiary alicyclic amines) is 1. The molecule has 1 atom stereocenters. The number of hydrogen-bond donors (Lipinski definition) is 3. The second kappa shape index (κ2) is 5.88. The summed E-state index contributed by atoms with van der Waals surface area (Å²) in [7, 11) is 0. The van der Waals surface area contributed by atoms with Gasteiger partial charge in [-0.1, -0.05) is 6.92 Å². The van der Waals surface area contributed by atoms with Crippen LogP contribution in [0.4, 0.5) is 11.5 Å². The van der Waals surface area contributed by atoms with Gasteiger partial charge in [0.25, 0.3) is 0 Å². The molecule has 1 aromatic heterocycles. The van der Waals surface area contributed by atoms with E-state index in [9.17, 15) is 4.79 Å². The van der Waals surface area contributed by atoms with E-state index in [1.54, 1.807) is 0 Å². The number of carboxylic acid groups (broad SMARTS) is 1. The van der Waals surface area contributed by atoms with Gasteiger partial charge in [-0.15, -0.1) is 0 Å². The highest BCUT2D eigenvalue weighted by Crippen LogP contribution is 2.22. The Bertz CT molecular complexity index is 464. The Morgan fingerprint density at radius 1 is 1.68 bits per heavy atom. The first-order valence-electron chi connectivity index (χ1n) is 6.58. The lowest BCUT2D eigenvalue weighted by Crippen LogP contribution is -2.42. The third-order valence-corrected chi connectivity index (χ3v) is 3.51. The number of nitrogens with two attached hydrogens (primary N) is 1. The molecular weight excluding hydrogens is 244 g/mol. The van der Waals surface area contributed by atoms with Crippen LogP contribution in [0.1, 0.15) is 30.1 Å². The van der Waals surface area contributed by atoms with Crippen LogP contribution >= 0.6 is 0 Å². The van der Waals surface area contributed by atoms with Crippen LogP contribution in [0.25, 0.3) is 0 Å². The summed E-state index contributed by atoms with van der Waals surface area (Å²) in [4.78, 5) is 17.5. The quantitative estimate of drug-likeness (QED) is 0.758. The Kier molecular flexibility index (Phi) is 4.21. The first-order valence-corrected chi connectivity index (χ1v) is 6.58. The molecule has 1 fully saturated rings. The predicted octanol–water partition coefficient (Wildman–Crippen LogP) is 1.26. The summed E-state index contributed by atoms with van der Waals surface area (Å²) in [6.45, 7) is 5.22. The molecule has 1 aliphatic rings. The zero-order chi connectivity index (χ0) is 13.8. The molecule has 1 aliphatic heterocycles. The van der Waals surface area contributed by atoms with E-state index in [4.69, 9.17) is 10.8 Å². The molecule has 1 aromatic rings. The van der Waals surface area contributed by atoms with Crippen molar-refractivity contribution in [2.75, 3.05) is 30.7 Å². The van der Waals surface area contributed by atoms with E-state index in [0.29, 0.717) is 5.82 Å². The van der Waals surface area contributed by atoms with E-state index in [-0.39, 0.29) is 17.3 Å². The molecule has 0 amide bonds. The monoisotopic (exact) mass is 264 g/mol. The van der Waals surface area contributed by atoms with Crippen molar-refractivity contribution in [1.82, 2.24) is 9.88 Å². The van der Waals surface area contributed by atoms with Gasteiger partial charge in [-0.05, 0) is 32.0 Å². The number of likely N-dealkylation sites (N-methyl/N-ethyl adjacent to an activating group) is 1. The number of rotatable bonds is 4. The largest absolute Gasteiger partial charge is 0.478 e. The molecule has 0 aromatic carbocycles. The lowest BCUT2D eigenvalue weighted by Gasteiger charge is -2.32. The van der Waals surface area contributed by atoms with Crippen LogP contribution in [0.15, 0.2) is 12.3 Å². The lowest BCUT2D eigenvalue weighted by atomic mass is 10.1. The summed E-state index contributed by atoms with van der Waals surface area (Å²) in [6, 6.07) is 1.69. The third kappa shape index (κ3) is 3.14. The standard InChI is InChI=1S/C13H20N4O2/c1-2-17-7-3-4-9(8-17)16-12-11(14)10(13(18)19)5-6-15-12/h5-6,9H,2-4,7-8,14H2,1H3,(H,15,16)(H,18,19). The fourth-order valence-electron chi connectivity index (χ4n) is 2.43. The van der Waals surface area contributed by atoms with E-state index >= 15 is 0 Å². The Morgan fingerprint density at radius 3 is 3.16 bits per heavy atom.